The third-order valence-electron chi connectivity index (χ3n) is 6.16. The van der Waals surface area contributed by atoms with E-state index in [2.05, 4.69) is 5.10 Å². The minimum absolute atomic E-state index is 0.0281. The smallest absolute Gasteiger partial charge is 0.243 e. The first-order chi connectivity index (χ1) is 13.8. The molecule has 0 aliphatic carbocycles. The van der Waals surface area contributed by atoms with Gasteiger partial charge in [-0.15, -0.1) is 0 Å². The van der Waals surface area contributed by atoms with Gasteiger partial charge in [0, 0.05) is 43.6 Å². The fourth-order valence-electron chi connectivity index (χ4n) is 4.39. The summed E-state index contributed by atoms with van der Waals surface area (Å²) >= 11 is 0. The Labute approximate surface area is 172 Å². The Morgan fingerprint density at radius 2 is 1.83 bits per heavy atom. The van der Waals surface area contributed by atoms with Crippen molar-refractivity contribution in [2.24, 2.45) is 7.05 Å². The van der Waals surface area contributed by atoms with E-state index in [4.69, 9.17) is 0 Å². The number of amides is 1. The number of benzene rings is 1. The summed E-state index contributed by atoms with van der Waals surface area (Å²) in [7, 11) is -1.56. The number of anilines is 1. The predicted octanol–water partition coefficient (Wildman–Crippen LogP) is 2.34. The highest BCUT2D eigenvalue weighted by molar-refractivity contribution is 7.89. The van der Waals surface area contributed by atoms with Gasteiger partial charge in [0.15, 0.2) is 0 Å². The van der Waals surface area contributed by atoms with E-state index in [1.807, 2.05) is 20.9 Å². The summed E-state index contributed by atoms with van der Waals surface area (Å²) in [6, 6.07) is 5.22. The van der Waals surface area contributed by atoms with Crippen LogP contribution in [0.25, 0.3) is 0 Å². The van der Waals surface area contributed by atoms with Crippen LogP contribution in [-0.4, -0.2) is 48.0 Å². The quantitative estimate of drug-likeness (QED) is 0.767. The molecule has 1 aromatic heterocycles. The van der Waals surface area contributed by atoms with E-state index in [-0.39, 0.29) is 5.91 Å². The summed E-state index contributed by atoms with van der Waals surface area (Å²) < 4.78 is 29.1. The Morgan fingerprint density at radius 3 is 2.48 bits per heavy atom. The van der Waals surface area contributed by atoms with Crippen LogP contribution in [0, 0.1) is 13.8 Å². The molecule has 1 saturated heterocycles. The number of aryl methyl sites for hydroxylation is 3. The van der Waals surface area contributed by atoms with Crippen molar-refractivity contribution >= 4 is 21.6 Å². The van der Waals surface area contributed by atoms with E-state index < -0.39 is 10.0 Å². The molecule has 0 radical (unpaired) electrons. The zero-order chi connectivity index (χ0) is 20.8. The van der Waals surface area contributed by atoms with E-state index in [0.29, 0.717) is 31.0 Å². The minimum Gasteiger partial charge on any atom is -0.312 e. The maximum absolute atomic E-state index is 13.1. The Balaban J connectivity index is 1.61. The second kappa shape index (κ2) is 7.57. The van der Waals surface area contributed by atoms with Crippen LogP contribution >= 0.6 is 0 Å². The first-order valence-electron chi connectivity index (χ1n) is 10.2. The Hall–Kier alpha value is -2.19. The van der Waals surface area contributed by atoms with Gasteiger partial charge in [-0.05, 0) is 63.3 Å². The van der Waals surface area contributed by atoms with Crippen LogP contribution in [0.15, 0.2) is 23.1 Å². The molecule has 0 atom stereocenters. The van der Waals surface area contributed by atoms with E-state index >= 15 is 0 Å². The van der Waals surface area contributed by atoms with Crippen molar-refractivity contribution in [1.82, 2.24) is 14.1 Å². The molecular weight excluding hydrogens is 388 g/mol. The highest BCUT2D eigenvalue weighted by Crippen LogP contribution is 2.32. The first kappa shape index (κ1) is 20.1. The molecule has 8 heteroatoms. The van der Waals surface area contributed by atoms with Gasteiger partial charge in [0.05, 0.1) is 17.0 Å². The summed E-state index contributed by atoms with van der Waals surface area (Å²) in [5.41, 5.74) is 4.62. The molecule has 2 aliphatic rings. The SMILES string of the molecule is Cc1nn(C)c(C)c1CC(=O)N1CCCc2cc(S(=O)(=O)N3CCCC3)ccc21. The number of rotatable bonds is 4. The molecule has 7 nitrogen and oxygen atoms in total. The summed E-state index contributed by atoms with van der Waals surface area (Å²) in [4.78, 5) is 15.2. The van der Waals surface area contributed by atoms with E-state index in [0.717, 1.165) is 53.9 Å². The number of hydrogen-bond donors (Lipinski definition) is 0. The molecule has 29 heavy (non-hydrogen) atoms. The fourth-order valence-corrected chi connectivity index (χ4v) is 5.96. The van der Waals surface area contributed by atoms with Crippen molar-refractivity contribution in [3.63, 3.8) is 0 Å². The topological polar surface area (TPSA) is 75.5 Å². The van der Waals surface area contributed by atoms with Gasteiger partial charge in [-0.1, -0.05) is 0 Å². The van der Waals surface area contributed by atoms with Crippen LogP contribution in [0.3, 0.4) is 0 Å². The summed E-state index contributed by atoms with van der Waals surface area (Å²) in [6.07, 6.45) is 3.75. The number of sulfonamides is 1. The number of carbonyl (C=O) groups excluding carboxylic acids is 1. The van der Waals surface area contributed by atoms with Crippen LogP contribution in [0.2, 0.25) is 0 Å². The summed E-state index contributed by atoms with van der Waals surface area (Å²) in [5, 5.41) is 4.40. The number of fused-ring (bicyclic) bond motifs is 1. The number of hydrogen-bond acceptors (Lipinski definition) is 4. The lowest BCUT2D eigenvalue weighted by atomic mass is 10.0. The zero-order valence-electron chi connectivity index (χ0n) is 17.3. The Morgan fingerprint density at radius 1 is 1.10 bits per heavy atom. The van der Waals surface area contributed by atoms with Crippen LogP contribution in [0.1, 0.15) is 41.8 Å². The first-order valence-corrected chi connectivity index (χ1v) is 11.7. The predicted molar refractivity (Wildman–Crippen MR) is 111 cm³/mol. The maximum atomic E-state index is 13.1. The normalized spacial score (nSPS) is 17.6. The van der Waals surface area contributed by atoms with Crippen molar-refractivity contribution in [3.05, 3.63) is 40.7 Å². The van der Waals surface area contributed by atoms with Gasteiger partial charge in [-0.25, -0.2) is 8.42 Å². The lowest BCUT2D eigenvalue weighted by Gasteiger charge is -2.30. The maximum Gasteiger partial charge on any atom is 0.243 e. The zero-order valence-corrected chi connectivity index (χ0v) is 18.1. The average Bonchev–Trinajstić information content (AvgIpc) is 3.32. The van der Waals surface area contributed by atoms with Crippen molar-refractivity contribution in [2.45, 2.75) is 50.8 Å². The van der Waals surface area contributed by atoms with Crippen molar-refractivity contribution in [1.29, 1.82) is 0 Å². The number of nitrogens with zero attached hydrogens (tertiary/aromatic N) is 4. The monoisotopic (exact) mass is 416 g/mol. The van der Waals surface area contributed by atoms with Gasteiger partial charge in [-0.3, -0.25) is 9.48 Å². The number of aromatic nitrogens is 2. The molecule has 4 rings (SSSR count). The average molecular weight is 417 g/mol. The van der Waals surface area contributed by atoms with Gasteiger partial charge in [0.2, 0.25) is 15.9 Å². The van der Waals surface area contributed by atoms with Gasteiger partial charge in [0.1, 0.15) is 0 Å². The molecule has 0 unspecified atom stereocenters. The van der Waals surface area contributed by atoms with Crippen molar-refractivity contribution < 1.29 is 13.2 Å². The molecule has 1 fully saturated rings. The molecular formula is C21H28N4O3S. The van der Waals surface area contributed by atoms with E-state index in [9.17, 15) is 13.2 Å². The molecule has 0 saturated carbocycles. The van der Waals surface area contributed by atoms with Crippen LogP contribution in [0.5, 0.6) is 0 Å². The van der Waals surface area contributed by atoms with Crippen LogP contribution in [-0.2, 0) is 34.7 Å². The molecule has 156 valence electrons. The van der Waals surface area contributed by atoms with Crippen molar-refractivity contribution in [2.75, 3.05) is 24.5 Å². The lowest BCUT2D eigenvalue weighted by Crippen LogP contribution is -2.37. The second-order valence-corrected chi connectivity index (χ2v) is 9.94. The van der Waals surface area contributed by atoms with Gasteiger partial charge < -0.3 is 4.90 Å². The molecule has 1 amide bonds. The minimum atomic E-state index is -3.45. The Kier molecular flexibility index (Phi) is 5.25. The van der Waals surface area contributed by atoms with E-state index in [1.54, 1.807) is 32.1 Å². The highest BCUT2D eigenvalue weighted by atomic mass is 32.2. The van der Waals surface area contributed by atoms with E-state index in [1.165, 1.54) is 0 Å². The molecule has 3 heterocycles. The molecule has 0 bridgehead atoms. The van der Waals surface area contributed by atoms with Crippen LogP contribution in [0.4, 0.5) is 5.69 Å². The third kappa shape index (κ3) is 3.59. The highest BCUT2D eigenvalue weighted by Gasteiger charge is 2.30. The van der Waals surface area contributed by atoms with Gasteiger partial charge in [0.25, 0.3) is 0 Å². The molecule has 2 aliphatic heterocycles. The lowest BCUT2D eigenvalue weighted by molar-refractivity contribution is -0.118. The molecule has 2 aromatic rings. The van der Waals surface area contributed by atoms with Gasteiger partial charge in [-0.2, -0.15) is 9.40 Å². The third-order valence-corrected chi connectivity index (χ3v) is 8.05. The second-order valence-electron chi connectivity index (χ2n) is 8.00. The van der Waals surface area contributed by atoms with Crippen molar-refractivity contribution in [3.8, 4) is 0 Å². The summed E-state index contributed by atoms with van der Waals surface area (Å²) in [6.45, 7) is 5.74. The molecule has 1 aromatic carbocycles. The van der Waals surface area contributed by atoms with Gasteiger partial charge >= 0.3 is 0 Å². The molecule has 0 spiro atoms. The molecule has 0 N–H and O–H groups in total. The standard InChI is InChI=1S/C21H28N4O3S/c1-15-19(16(2)23(3)22-15)14-21(26)25-12-6-7-17-13-18(8-9-20(17)25)29(27,28)24-10-4-5-11-24/h8-9,13H,4-7,10-12,14H2,1-3H3. The fraction of sp³-hybridized carbons (Fsp3) is 0.524. The van der Waals surface area contributed by atoms with Crippen LogP contribution < -0.4 is 4.90 Å². The summed E-state index contributed by atoms with van der Waals surface area (Å²) in [5.74, 6) is 0.0281. The number of carbonyl (C=O) groups is 1. The Bertz CT molecular complexity index is 1050. The largest absolute Gasteiger partial charge is 0.312 e.